The van der Waals surface area contributed by atoms with Gasteiger partial charge in [0.15, 0.2) is 5.13 Å². The third-order valence-electron chi connectivity index (χ3n) is 4.31. The maximum Gasteiger partial charge on any atom is 0.230 e. The standard InChI is InChI=1S/C19H25N3O2S/c1-14-6-8-17(9-7-14)22(15(2)23)19-20-16(13-25-19)11-21(3)12-18-5-4-10-24-18/h6-9,13,18H,4-5,10-12H2,1-3H3. The number of hydrogen-bond acceptors (Lipinski definition) is 5. The molecule has 1 aromatic heterocycles. The third kappa shape index (κ3) is 4.66. The summed E-state index contributed by atoms with van der Waals surface area (Å²) in [5.41, 5.74) is 3.01. The van der Waals surface area contributed by atoms with Crippen LogP contribution >= 0.6 is 11.3 Å². The number of aromatic nitrogens is 1. The molecule has 3 rings (SSSR count). The maximum absolute atomic E-state index is 12.2. The Morgan fingerprint density at radius 1 is 1.36 bits per heavy atom. The first-order valence-corrected chi connectivity index (χ1v) is 9.53. The molecule has 5 nitrogen and oxygen atoms in total. The largest absolute Gasteiger partial charge is 0.377 e. The molecule has 0 bridgehead atoms. The predicted octanol–water partition coefficient (Wildman–Crippen LogP) is 3.75. The highest BCUT2D eigenvalue weighted by atomic mass is 32.1. The Morgan fingerprint density at radius 2 is 2.12 bits per heavy atom. The molecule has 6 heteroatoms. The number of benzene rings is 1. The van der Waals surface area contributed by atoms with E-state index in [-0.39, 0.29) is 5.91 Å². The van der Waals surface area contributed by atoms with Crippen molar-refractivity contribution in [1.82, 2.24) is 9.88 Å². The van der Waals surface area contributed by atoms with Gasteiger partial charge in [-0.05, 0) is 38.9 Å². The molecule has 1 unspecified atom stereocenters. The number of thiazole rings is 1. The lowest BCUT2D eigenvalue weighted by molar-refractivity contribution is -0.115. The Kier molecular flexibility index (Phi) is 5.83. The van der Waals surface area contributed by atoms with E-state index in [0.717, 1.165) is 49.1 Å². The van der Waals surface area contributed by atoms with Crippen molar-refractivity contribution >= 4 is 28.1 Å². The zero-order chi connectivity index (χ0) is 17.8. The molecule has 25 heavy (non-hydrogen) atoms. The molecule has 1 fully saturated rings. The first-order chi connectivity index (χ1) is 12.0. The van der Waals surface area contributed by atoms with Gasteiger partial charge in [-0.15, -0.1) is 11.3 Å². The van der Waals surface area contributed by atoms with Crippen LogP contribution in [0.25, 0.3) is 0 Å². The van der Waals surface area contributed by atoms with E-state index in [4.69, 9.17) is 4.74 Å². The van der Waals surface area contributed by atoms with Crippen LogP contribution in [0.3, 0.4) is 0 Å². The summed E-state index contributed by atoms with van der Waals surface area (Å²) in [6.07, 6.45) is 2.63. The van der Waals surface area contributed by atoms with Crippen LogP contribution in [0, 0.1) is 6.92 Å². The monoisotopic (exact) mass is 359 g/mol. The van der Waals surface area contributed by atoms with E-state index in [1.807, 2.05) is 36.6 Å². The van der Waals surface area contributed by atoms with Crippen molar-refractivity contribution in [2.75, 3.05) is 25.1 Å². The SMILES string of the molecule is CC(=O)N(c1ccc(C)cc1)c1nc(CN(C)CC2CCCO2)cs1. The van der Waals surface area contributed by atoms with Crippen molar-refractivity contribution in [2.24, 2.45) is 0 Å². The van der Waals surface area contributed by atoms with Gasteiger partial charge in [0.2, 0.25) is 5.91 Å². The van der Waals surface area contributed by atoms with E-state index in [9.17, 15) is 4.79 Å². The van der Waals surface area contributed by atoms with E-state index >= 15 is 0 Å². The zero-order valence-electron chi connectivity index (χ0n) is 15.1. The van der Waals surface area contributed by atoms with E-state index in [1.54, 1.807) is 11.8 Å². The van der Waals surface area contributed by atoms with Crippen LogP contribution in [0.5, 0.6) is 0 Å². The van der Waals surface area contributed by atoms with Crippen LogP contribution in [0.15, 0.2) is 29.6 Å². The lowest BCUT2D eigenvalue weighted by Gasteiger charge is -2.20. The fourth-order valence-electron chi connectivity index (χ4n) is 3.07. The van der Waals surface area contributed by atoms with Crippen LogP contribution in [-0.2, 0) is 16.1 Å². The highest BCUT2D eigenvalue weighted by Gasteiger charge is 2.20. The molecule has 1 amide bonds. The summed E-state index contributed by atoms with van der Waals surface area (Å²) >= 11 is 1.51. The summed E-state index contributed by atoms with van der Waals surface area (Å²) in [6.45, 7) is 6.17. The normalized spacial score (nSPS) is 17.2. The maximum atomic E-state index is 12.2. The van der Waals surface area contributed by atoms with Gasteiger partial charge in [0, 0.05) is 32.0 Å². The Morgan fingerprint density at radius 3 is 2.76 bits per heavy atom. The second kappa shape index (κ2) is 8.08. The number of carbonyl (C=O) groups excluding carboxylic acids is 1. The highest BCUT2D eigenvalue weighted by molar-refractivity contribution is 7.14. The Hall–Kier alpha value is -1.76. The highest BCUT2D eigenvalue weighted by Crippen LogP contribution is 2.29. The molecule has 1 aromatic carbocycles. The van der Waals surface area contributed by atoms with Crippen molar-refractivity contribution in [1.29, 1.82) is 0 Å². The molecular formula is C19H25N3O2S. The van der Waals surface area contributed by atoms with Gasteiger partial charge in [0.05, 0.1) is 17.5 Å². The predicted molar refractivity (Wildman–Crippen MR) is 101 cm³/mol. The molecule has 2 aromatic rings. The average Bonchev–Trinajstić information content (AvgIpc) is 3.21. The number of rotatable bonds is 6. The number of aryl methyl sites for hydroxylation is 1. The van der Waals surface area contributed by atoms with Gasteiger partial charge in [-0.1, -0.05) is 17.7 Å². The number of amides is 1. The van der Waals surface area contributed by atoms with E-state index in [1.165, 1.54) is 16.9 Å². The summed E-state index contributed by atoms with van der Waals surface area (Å²) in [5, 5.41) is 2.75. The Bertz CT molecular complexity index is 708. The number of anilines is 2. The van der Waals surface area contributed by atoms with Crippen LogP contribution in [0.1, 0.15) is 31.0 Å². The number of hydrogen-bond donors (Lipinski definition) is 0. The molecule has 1 saturated heterocycles. The van der Waals surface area contributed by atoms with Gasteiger partial charge in [-0.3, -0.25) is 14.6 Å². The van der Waals surface area contributed by atoms with Gasteiger partial charge in [0.1, 0.15) is 0 Å². The molecule has 0 spiro atoms. The first-order valence-electron chi connectivity index (χ1n) is 8.65. The van der Waals surface area contributed by atoms with Gasteiger partial charge in [-0.2, -0.15) is 0 Å². The van der Waals surface area contributed by atoms with Crippen molar-refractivity contribution in [2.45, 2.75) is 39.3 Å². The lowest BCUT2D eigenvalue weighted by atomic mass is 10.2. The first kappa shape index (κ1) is 18.0. The summed E-state index contributed by atoms with van der Waals surface area (Å²) in [4.78, 5) is 20.8. The third-order valence-corrected chi connectivity index (χ3v) is 5.18. The number of ether oxygens (including phenoxy) is 1. The topological polar surface area (TPSA) is 45.7 Å². The molecule has 0 aliphatic carbocycles. The Balaban J connectivity index is 1.69. The minimum Gasteiger partial charge on any atom is -0.377 e. The quantitative estimate of drug-likeness (QED) is 0.788. The lowest BCUT2D eigenvalue weighted by Crippen LogP contribution is -2.28. The van der Waals surface area contributed by atoms with Crippen molar-refractivity contribution in [3.8, 4) is 0 Å². The van der Waals surface area contributed by atoms with Crippen molar-refractivity contribution in [3.63, 3.8) is 0 Å². The van der Waals surface area contributed by atoms with Gasteiger partial charge < -0.3 is 4.74 Å². The van der Waals surface area contributed by atoms with Crippen molar-refractivity contribution in [3.05, 3.63) is 40.9 Å². The van der Waals surface area contributed by atoms with Crippen LogP contribution in [0.4, 0.5) is 10.8 Å². The smallest absolute Gasteiger partial charge is 0.230 e. The molecule has 0 N–H and O–H groups in total. The van der Waals surface area contributed by atoms with Crippen molar-refractivity contribution < 1.29 is 9.53 Å². The molecule has 2 heterocycles. The van der Waals surface area contributed by atoms with Crippen LogP contribution in [-0.4, -0.2) is 42.1 Å². The van der Waals surface area contributed by atoms with Crippen LogP contribution in [0.2, 0.25) is 0 Å². The molecule has 0 saturated carbocycles. The summed E-state index contributed by atoms with van der Waals surface area (Å²) in [7, 11) is 2.09. The average molecular weight is 359 g/mol. The number of likely N-dealkylation sites (N-methyl/N-ethyl adjacent to an activating group) is 1. The molecular weight excluding hydrogens is 334 g/mol. The summed E-state index contributed by atoms with van der Waals surface area (Å²) in [6, 6.07) is 7.94. The minimum absolute atomic E-state index is 0.0301. The molecule has 0 radical (unpaired) electrons. The zero-order valence-corrected chi connectivity index (χ0v) is 15.9. The fourth-order valence-corrected chi connectivity index (χ4v) is 3.95. The molecule has 134 valence electrons. The second-order valence-electron chi connectivity index (χ2n) is 6.64. The van der Waals surface area contributed by atoms with E-state index in [0.29, 0.717) is 6.10 Å². The second-order valence-corrected chi connectivity index (χ2v) is 7.48. The molecule has 1 aliphatic heterocycles. The number of nitrogens with zero attached hydrogens (tertiary/aromatic N) is 3. The van der Waals surface area contributed by atoms with Gasteiger partial charge in [0.25, 0.3) is 0 Å². The van der Waals surface area contributed by atoms with Gasteiger partial charge >= 0.3 is 0 Å². The summed E-state index contributed by atoms with van der Waals surface area (Å²) < 4.78 is 5.69. The van der Waals surface area contributed by atoms with Crippen LogP contribution < -0.4 is 4.90 Å². The van der Waals surface area contributed by atoms with E-state index < -0.39 is 0 Å². The summed E-state index contributed by atoms with van der Waals surface area (Å²) in [5.74, 6) is -0.0301. The van der Waals surface area contributed by atoms with Gasteiger partial charge in [-0.25, -0.2) is 4.98 Å². The van der Waals surface area contributed by atoms with E-state index in [2.05, 4.69) is 16.9 Å². The Labute approximate surface area is 153 Å². The molecule has 1 atom stereocenters. The number of carbonyl (C=O) groups is 1. The fraction of sp³-hybridized carbons (Fsp3) is 0.474. The minimum atomic E-state index is -0.0301. The molecule has 1 aliphatic rings.